The summed E-state index contributed by atoms with van der Waals surface area (Å²) in [6.45, 7) is 12.4. The van der Waals surface area contributed by atoms with Crippen LogP contribution >= 0.6 is 0 Å². The maximum Gasteiger partial charge on any atom is 0.228 e. The van der Waals surface area contributed by atoms with Crippen LogP contribution in [0.25, 0.3) is 0 Å². The summed E-state index contributed by atoms with van der Waals surface area (Å²) in [6.07, 6.45) is 3.77. The number of aromatic nitrogens is 2. The lowest BCUT2D eigenvalue weighted by Gasteiger charge is -2.38. The van der Waals surface area contributed by atoms with Crippen LogP contribution in [0.4, 0.5) is 11.6 Å². The molecule has 2 fully saturated rings. The summed E-state index contributed by atoms with van der Waals surface area (Å²) < 4.78 is 0. The van der Waals surface area contributed by atoms with Gasteiger partial charge in [0.2, 0.25) is 5.91 Å². The van der Waals surface area contributed by atoms with Gasteiger partial charge in [0.15, 0.2) is 11.6 Å². The Bertz CT molecular complexity index is 587. The predicted molar refractivity (Wildman–Crippen MR) is 101 cm³/mol. The highest BCUT2D eigenvalue weighted by atomic mass is 16.2. The monoisotopic (exact) mass is 345 g/mol. The molecule has 1 aromatic heterocycles. The Balaban J connectivity index is 1.60. The summed E-state index contributed by atoms with van der Waals surface area (Å²) in [5.41, 5.74) is -0.311. The van der Waals surface area contributed by atoms with E-state index in [0.29, 0.717) is 6.04 Å². The fourth-order valence-electron chi connectivity index (χ4n) is 3.69. The molecule has 1 aromatic rings. The minimum Gasteiger partial charge on any atom is -0.352 e. The molecule has 6 heteroatoms. The zero-order valence-corrected chi connectivity index (χ0v) is 16.0. The number of carbonyl (C=O) groups is 1. The Labute approximate surface area is 151 Å². The summed E-state index contributed by atoms with van der Waals surface area (Å²) in [6, 6.07) is 4.71. The highest BCUT2D eigenvalue weighted by molar-refractivity contribution is 5.81. The average Bonchev–Trinajstić information content (AvgIpc) is 2.61. The molecule has 3 rings (SSSR count). The van der Waals surface area contributed by atoms with E-state index in [-0.39, 0.29) is 11.3 Å². The quantitative estimate of drug-likeness (QED) is 0.824. The normalized spacial score (nSPS) is 22.2. The Hall–Kier alpha value is -1.85. The van der Waals surface area contributed by atoms with Crippen molar-refractivity contribution < 1.29 is 4.79 Å². The third-order valence-corrected chi connectivity index (χ3v) is 5.27. The lowest BCUT2D eigenvalue weighted by atomic mass is 9.94. The van der Waals surface area contributed by atoms with Crippen molar-refractivity contribution in [3.8, 4) is 0 Å². The van der Waals surface area contributed by atoms with Gasteiger partial charge in [-0.1, -0.05) is 20.8 Å². The number of amides is 1. The number of piperazine rings is 1. The van der Waals surface area contributed by atoms with Crippen molar-refractivity contribution in [2.24, 2.45) is 5.41 Å². The van der Waals surface area contributed by atoms with Crippen LogP contribution in [-0.2, 0) is 4.79 Å². The first kappa shape index (κ1) is 18.0. The smallest absolute Gasteiger partial charge is 0.228 e. The van der Waals surface area contributed by atoms with Gasteiger partial charge in [-0.25, -0.2) is 0 Å². The van der Waals surface area contributed by atoms with Gasteiger partial charge in [0.1, 0.15) is 0 Å². The second-order valence-electron chi connectivity index (χ2n) is 8.32. The zero-order chi connectivity index (χ0) is 18.0. The highest BCUT2D eigenvalue weighted by Gasteiger charge is 2.30. The highest BCUT2D eigenvalue weighted by Crippen LogP contribution is 2.24. The lowest BCUT2D eigenvalue weighted by Crippen LogP contribution is -2.51. The van der Waals surface area contributed by atoms with Crippen molar-refractivity contribution in [2.75, 3.05) is 42.5 Å². The first-order valence-electron chi connectivity index (χ1n) is 9.51. The molecule has 3 heterocycles. The van der Waals surface area contributed by atoms with Crippen molar-refractivity contribution >= 4 is 17.5 Å². The molecule has 0 aromatic carbocycles. The van der Waals surface area contributed by atoms with Crippen LogP contribution in [0.2, 0.25) is 0 Å². The van der Waals surface area contributed by atoms with Gasteiger partial charge in [-0.05, 0) is 38.3 Å². The molecule has 1 unspecified atom stereocenters. The molecule has 1 atom stereocenters. The molecular formula is C19H31N5O. The van der Waals surface area contributed by atoms with E-state index in [2.05, 4.69) is 39.1 Å². The maximum atomic E-state index is 12.4. The van der Waals surface area contributed by atoms with Gasteiger partial charge in [0.25, 0.3) is 0 Å². The van der Waals surface area contributed by atoms with E-state index in [1.165, 1.54) is 19.3 Å². The fourth-order valence-corrected chi connectivity index (χ4v) is 3.69. The van der Waals surface area contributed by atoms with Crippen molar-refractivity contribution in [1.29, 1.82) is 0 Å². The molecule has 2 aliphatic heterocycles. The molecule has 1 amide bonds. The van der Waals surface area contributed by atoms with Crippen molar-refractivity contribution in [1.82, 2.24) is 15.1 Å². The molecule has 0 radical (unpaired) electrons. The standard InChI is InChI=1S/C19H31N5O/c1-15-7-5-6-10-24(15)17-9-8-16(20-21-17)22-11-13-23(14-12-22)18(25)19(2,3)4/h8-9,15H,5-7,10-14H2,1-4H3. The van der Waals surface area contributed by atoms with Crippen molar-refractivity contribution in [2.45, 2.75) is 53.0 Å². The number of piperidine rings is 1. The Morgan fingerprint density at radius 1 is 1.00 bits per heavy atom. The number of anilines is 2. The third-order valence-electron chi connectivity index (χ3n) is 5.27. The van der Waals surface area contributed by atoms with E-state index in [1.807, 2.05) is 25.7 Å². The van der Waals surface area contributed by atoms with Gasteiger partial charge in [-0.15, -0.1) is 10.2 Å². The molecule has 2 saturated heterocycles. The summed E-state index contributed by atoms with van der Waals surface area (Å²) in [5, 5.41) is 8.94. The van der Waals surface area contributed by atoms with E-state index in [4.69, 9.17) is 0 Å². The molecule has 138 valence electrons. The van der Waals surface area contributed by atoms with E-state index in [9.17, 15) is 4.79 Å². The second-order valence-corrected chi connectivity index (χ2v) is 8.32. The Morgan fingerprint density at radius 2 is 1.64 bits per heavy atom. The zero-order valence-electron chi connectivity index (χ0n) is 16.0. The molecule has 0 spiro atoms. The number of hydrogen-bond acceptors (Lipinski definition) is 5. The number of hydrogen-bond donors (Lipinski definition) is 0. The van der Waals surface area contributed by atoms with Crippen LogP contribution in [0.15, 0.2) is 12.1 Å². The van der Waals surface area contributed by atoms with Gasteiger partial charge in [0, 0.05) is 44.2 Å². The molecule has 0 aliphatic carbocycles. The SMILES string of the molecule is CC1CCCCN1c1ccc(N2CCN(C(=O)C(C)(C)C)CC2)nn1. The van der Waals surface area contributed by atoms with E-state index >= 15 is 0 Å². The van der Waals surface area contributed by atoms with Gasteiger partial charge in [-0.2, -0.15) is 0 Å². The minimum atomic E-state index is -0.311. The minimum absolute atomic E-state index is 0.229. The Morgan fingerprint density at radius 3 is 2.20 bits per heavy atom. The maximum absolute atomic E-state index is 12.4. The lowest BCUT2D eigenvalue weighted by molar-refractivity contribution is -0.139. The predicted octanol–water partition coefficient (Wildman–Crippen LogP) is 2.55. The molecule has 0 saturated carbocycles. The number of rotatable bonds is 2. The van der Waals surface area contributed by atoms with Crippen LogP contribution in [0.3, 0.4) is 0 Å². The largest absolute Gasteiger partial charge is 0.352 e. The molecule has 25 heavy (non-hydrogen) atoms. The van der Waals surface area contributed by atoms with Crippen molar-refractivity contribution in [3.63, 3.8) is 0 Å². The summed E-state index contributed by atoms with van der Waals surface area (Å²) >= 11 is 0. The molecule has 2 aliphatic rings. The van der Waals surface area contributed by atoms with Crippen LogP contribution in [-0.4, -0.2) is 59.8 Å². The van der Waals surface area contributed by atoms with E-state index in [0.717, 1.165) is 44.4 Å². The summed E-state index contributed by atoms with van der Waals surface area (Å²) in [4.78, 5) is 18.9. The summed E-state index contributed by atoms with van der Waals surface area (Å²) in [7, 11) is 0. The number of nitrogens with zero attached hydrogens (tertiary/aromatic N) is 5. The molecule has 0 bridgehead atoms. The number of carbonyl (C=O) groups excluding carboxylic acids is 1. The molecule has 0 N–H and O–H groups in total. The topological polar surface area (TPSA) is 52.6 Å². The Kier molecular flexibility index (Phi) is 5.16. The van der Waals surface area contributed by atoms with Gasteiger partial charge in [0.05, 0.1) is 0 Å². The fraction of sp³-hybridized carbons (Fsp3) is 0.737. The second kappa shape index (κ2) is 7.18. The van der Waals surface area contributed by atoms with Crippen LogP contribution < -0.4 is 9.80 Å². The average molecular weight is 345 g/mol. The molecule has 6 nitrogen and oxygen atoms in total. The van der Waals surface area contributed by atoms with Gasteiger partial charge in [-0.3, -0.25) is 4.79 Å². The first-order chi connectivity index (χ1) is 11.9. The third kappa shape index (κ3) is 4.05. The first-order valence-corrected chi connectivity index (χ1v) is 9.51. The molecular weight excluding hydrogens is 314 g/mol. The van der Waals surface area contributed by atoms with Crippen LogP contribution in [0.5, 0.6) is 0 Å². The van der Waals surface area contributed by atoms with Crippen LogP contribution in [0.1, 0.15) is 47.0 Å². The van der Waals surface area contributed by atoms with Crippen LogP contribution in [0, 0.1) is 5.41 Å². The van der Waals surface area contributed by atoms with E-state index < -0.39 is 0 Å². The van der Waals surface area contributed by atoms with Gasteiger partial charge < -0.3 is 14.7 Å². The summed E-state index contributed by atoms with van der Waals surface area (Å²) in [5.74, 6) is 2.13. The van der Waals surface area contributed by atoms with E-state index in [1.54, 1.807) is 0 Å². The van der Waals surface area contributed by atoms with Crippen molar-refractivity contribution in [3.05, 3.63) is 12.1 Å². The van der Waals surface area contributed by atoms with Gasteiger partial charge >= 0.3 is 0 Å².